The summed E-state index contributed by atoms with van der Waals surface area (Å²) in [7, 11) is 0. The van der Waals surface area contributed by atoms with E-state index < -0.39 is 5.97 Å². The van der Waals surface area contributed by atoms with Gasteiger partial charge in [-0.2, -0.15) is 0 Å². The number of nitrogens with zero attached hydrogens (tertiary/aromatic N) is 2. The van der Waals surface area contributed by atoms with E-state index in [0.29, 0.717) is 11.7 Å². The standard InChI is InChI=1S/C14H11N3O2S/c18-13(19)11-8-17-14(20-11)16-7-10-4-1-3-9-5-2-6-15-12(9)10/h1-6,8H,7H2,(H,16,17)(H,18,19). The number of rotatable bonds is 4. The minimum Gasteiger partial charge on any atom is -0.477 e. The highest BCUT2D eigenvalue weighted by Crippen LogP contribution is 2.21. The van der Waals surface area contributed by atoms with Gasteiger partial charge in [0.05, 0.1) is 11.7 Å². The highest BCUT2D eigenvalue weighted by molar-refractivity contribution is 7.17. The molecule has 0 aliphatic rings. The zero-order valence-corrected chi connectivity index (χ0v) is 11.2. The molecular weight excluding hydrogens is 274 g/mol. The summed E-state index contributed by atoms with van der Waals surface area (Å²) in [6.07, 6.45) is 3.12. The lowest BCUT2D eigenvalue weighted by Crippen LogP contribution is -2.00. The van der Waals surface area contributed by atoms with Crippen LogP contribution in [0.15, 0.2) is 42.7 Å². The van der Waals surface area contributed by atoms with Gasteiger partial charge in [0.1, 0.15) is 4.88 Å². The Morgan fingerprint density at radius 3 is 2.90 bits per heavy atom. The number of carboxylic acids is 1. The average molecular weight is 285 g/mol. The van der Waals surface area contributed by atoms with Gasteiger partial charge in [-0.3, -0.25) is 4.98 Å². The molecule has 0 unspecified atom stereocenters. The van der Waals surface area contributed by atoms with Crippen molar-refractivity contribution in [3.8, 4) is 0 Å². The second kappa shape index (κ2) is 5.26. The molecule has 2 heterocycles. The van der Waals surface area contributed by atoms with Crippen LogP contribution in [0, 0.1) is 0 Å². The van der Waals surface area contributed by atoms with Crippen molar-refractivity contribution in [1.82, 2.24) is 9.97 Å². The fourth-order valence-corrected chi connectivity index (χ4v) is 2.59. The fourth-order valence-electron chi connectivity index (χ4n) is 1.94. The molecule has 0 radical (unpaired) electrons. The smallest absolute Gasteiger partial charge is 0.347 e. The van der Waals surface area contributed by atoms with Gasteiger partial charge in [-0.05, 0) is 11.6 Å². The Hall–Kier alpha value is -2.47. The Balaban J connectivity index is 1.81. The lowest BCUT2D eigenvalue weighted by molar-refractivity contribution is 0.0702. The number of pyridine rings is 1. The Bertz CT molecular complexity index is 764. The molecule has 0 aliphatic heterocycles. The monoisotopic (exact) mass is 285 g/mol. The molecule has 2 aromatic heterocycles. The predicted molar refractivity (Wildman–Crippen MR) is 78.1 cm³/mol. The number of anilines is 1. The molecule has 5 nitrogen and oxygen atoms in total. The maximum Gasteiger partial charge on any atom is 0.347 e. The highest BCUT2D eigenvalue weighted by atomic mass is 32.1. The van der Waals surface area contributed by atoms with E-state index in [1.165, 1.54) is 6.20 Å². The topological polar surface area (TPSA) is 75.1 Å². The van der Waals surface area contributed by atoms with E-state index in [9.17, 15) is 4.79 Å². The normalized spacial score (nSPS) is 10.6. The summed E-state index contributed by atoms with van der Waals surface area (Å²) in [6, 6.07) is 9.90. The van der Waals surface area contributed by atoms with Crippen LogP contribution in [-0.2, 0) is 6.54 Å². The van der Waals surface area contributed by atoms with Gasteiger partial charge in [0, 0.05) is 18.1 Å². The number of fused-ring (bicyclic) bond motifs is 1. The summed E-state index contributed by atoms with van der Waals surface area (Å²) in [4.78, 5) is 19.4. The molecule has 0 amide bonds. The van der Waals surface area contributed by atoms with E-state index in [1.807, 2.05) is 30.3 Å². The molecule has 20 heavy (non-hydrogen) atoms. The van der Waals surface area contributed by atoms with Gasteiger partial charge in [0.2, 0.25) is 0 Å². The molecule has 1 aromatic carbocycles. The molecule has 3 rings (SSSR count). The van der Waals surface area contributed by atoms with Gasteiger partial charge < -0.3 is 10.4 Å². The maximum absolute atomic E-state index is 10.8. The van der Waals surface area contributed by atoms with Crippen molar-refractivity contribution in [2.45, 2.75) is 6.54 Å². The van der Waals surface area contributed by atoms with Crippen LogP contribution in [0.2, 0.25) is 0 Å². The number of hydrogen-bond donors (Lipinski definition) is 2. The van der Waals surface area contributed by atoms with Gasteiger partial charge in [-0.25, -0.2) is 9.78 Å². The molecule has 0 bridgehead atoms. The molecule has 0 saturated heterocycles. The molecule has 3 aromatic rings. The molecule has 2 N–H and O–H groups in total. The SMILES string of the molecule is O=C(O)c1cnc(NCc2cccc3cccnc23)s1. The number of thiazole rings is 1. The first kappa shape index (κ1) is 12.6. The molecule has 6 heteroatoms. The van der Waals surface area contributed by atoms with E-state index in [0.717, 1.165) is 27.8 Å². The Morgan fingerprint density at radius 2 is 2.10 bits per heavy atom. The minimum absolute atomic E-state index is 0.226. The first-order valence-electron chi connectivity index (χ1n) is 5.99. The fraction of sp³-hybridized carbons (Fsp3) is 0.0714. The first-order chi connectivity index (χ1) is 9.74. The van der Waals surface area contributed by atoms with Crippen LogP contribution in [-0.4, -0.2) is 21.0 Å². The quantitative estimate of drug-likeness (QED) is 0.770. The summed E-state index contributed by atoms with van der Waals surface area (Å²) < 4.78 is 0. The number of benzene rings is 1. The third-order valence-corrected chi connectivity index (χ3v) is 3.81. The summed E-state index contributed by atoms with van der Waals surface area (Å²) in [5.41, 5.74) is 1.99. The van der Waals surface area contributed by atoms with Crippen molar-refractivity contribution in [2.75, 3.05) is 5.32 Å². The number of aromatic nitrogens is 2. The van der Waals surface area contributed by atoms with Crippen LogP contribution < -0.4 is 5.32 Å². The lowest BCUT2D eigenvalue weighted by Gasteiger charge is -2.06. The van der Waals surface area contributed by atoms with Crippen LogP contribution >= 0.6 is 11.3 Å². The zero-order valence-electron chi connectivity index (χ0n) is 10.4. The minimum atomic E-state index is -0.956. The average Bonchev–Trinajstić information content (AvgIpc) is 2.94. The summed E-state index contributed by atoms with van der Waals surface area (Å²) >= 11 is 1.12. The molecule has 0 atom stereocenters. The van der Waals surface area contributed by atoms with Crippen LogP contribution in [0.4, 0.5) is 5.13 Å². The van der Waals surface area contributed by atoms with Crippen LogP contribution in [0.3, 0.4) is 0 Å². The Labute approximate surface area is 118 Å². The third-order valence-electron chi connectivity index (χ3n) is 2.86. The second-order valence-corrected chi connectivity index (χ2v) is 5.21. The summed E-state index contributed by atoms with van der Waals surface area (Å²) in [6.45, 7) is 0.556. The van der Waals surface area contributed by atoms with Crippen LogP contribution in [0.1, 0.15) is 15.2 Å². The molecule has 0 saturated carbocycles. The van der Waals surface area contributed by atoms with E-state index in [2.05, 4.69) is 15.3 Å². The number of hydrogen-bond acceptors (Lipinski definition) is 5. The van der Waals surface area contributed by atoms with E-state index in [-0.39, 0.29) is 4.88 Å². The Kier molecular flexibility index (Phi) is 3.30. The first-order valence-corrected chi connectivity index (χ1v) is 6.81. The van der Waals surface area contributed by atoms with E-state index in [1.54, 1.807) is 6.20 Å². The third kappa shape index (κ3) is 2.46. The van der Waals surface area contributed by atoms with Gasteiger partial charge in [0.25, 0.3) is 0 Å². The predicted octanol–water partition coefficient (Wildman–Crippen LogP) is 3.00. The number of nitrogens with one attached hydrogen (secondary N) is 1. The van der Waals surface area contributed by atoms with Crippen molar-refractivity contribution >= 4 is 33.3 Å². The highest BCUT2D eigenvalue weighted by Gasteiger charge is 2.08. The molecule has 0 spiro atoms. The Morgan fingerprint density at radius 1 is 1.25 bits per heavy atom. The van der Waals surface area contributed by atoms with Gasteiger partial charge in [-0.1, -0.05) is 35.6 Å². The summed E-state index contributed by atoms with van der Waals surface area (Å²) in [5, 5.41) is 13.7. The van der Waals surface area contributed by atoms with Gasteiger partial charge in [-0.15, -0.1) is 0 Å². The maximum atomic E-state index is 10.8. The molecule has 100 valence electrons. The zero-order chi connectivity index (χ0) is 13.9. The van der Waals surface area contributed by atoms with Crippen LogP contribution in [0.5, 0.6) is 0 Å². The van der Waals surface area contributed by atoms with Gasteiger partial charge in [0.15, 0.2) is 5.13 Å². The van der Waals surface area contributed by atoms with Crippen molar-refractivity contribution < 1.29 is 9.90 Å². The lowest BCUT2D eigenvalue weighted by atomic mass is 10.1. The van der Waals surface area contributed by atoms with E-state index >= 15 is 0 Å². The van der Waals surface area contributed by atoms with Crippen molar-refractivity contribution in [1.29, 1.82) is 0 Å². The van der Waals surface area contributed by atoms with E-state index in [4.69, 9.17) is 5.11 Å². The number of carbonyl (C=O) groups is 1. The van der Waals surface area contributed by atoms with Crippen molar-refractivity contribution in [2.24, 2.45) is 0 Å². The summed E-state index contributed by atoms with van der Waals surface area (Å²) in [5.74, 6) is -0.956. The molecule has 0 aliphatic carbocycles. The number of carboxylic acid groups (broad SMARTS) is 1. The number of aromatic carboxylic acids is 1. The molecular formula is C14H11N3O2S. The van der Waals surface area contributed by atoms with Gasteiger partial charge >= 0.3 is 5.97 Å². The number of para-hydroxylation sites is 1. The van der Waals surface area contributed by atoms with Crippen molar-refractivity contribution in [3.05, 3.63) is 53.2 Å². The van der Waals surface area contributed by atoms with Crippen LogP contribution in [0.25, 0.3) is 10.9 Å². The largest absolute Gasteiger partial charge is 0.477 e. The molecule has 0 fully saturated rings. The van der Waals surface area contributed by atoms with Crippen molar-refractivity contribution in [3.63, 3.8) is 0 Å². The second-order valence-electron chi connectivity index (χ2n) is 4.18.